The van der Waals surface area contributed by atoms with Gasteiger partial charge in [-0.05, 0) is 24.6 Å². The molecular weight excluding hydrogens is 232 g/mol. The lowest BCUT2D eigenvalue weighted by Gasteiger charge is -1.93. The molecule has 0 aliphatic carbocycles. The van der Waals surface area contributed by atoms with Gasteiger partial charge in [0.25, 0.3) is 0 Å². The number of nitrogens with zero attached hydrogens (tertiary/aromatic N) is 1. The van der Waals surface area contributed by atoms with Crippen LogP contribution in [0.1, 0.15) is 16.1 Å². The van der Waals surface area contributed by atoms with E-state index in [-0.39, 0.29) is 11.5 Å². The van der Waals surface area contributed by atoms with Crippen LogP contribution in [-0.4, -0.2) is 21.0 Å². The summed E-state index contributed by atoms with van der Waals surface area (Å²) in [6, 6.07) is 7.82. The van der Waals surface area contributed by atoms with Gasteiger partial charge in [-0.15, -0.1) is 0 Å². The Kier molecular flexibility index (Phi) is 2.19. The molecule has 1 aromatic carbocycles. The molecule has 5 nitrogen and oxygen atoms in total. The van der Waals surface area contributed by atoms with E-state index in [1.807, 2.05) is 31.2 Å². The first kappa shape index (κ1) is 10.6. The smallest absolute Gasteiger partial charge is 0.358 e. The summed E-state index contributed by atoms with van der Waals surface area (Å²) in [6.07, 6.45) is 1.13. The summed E-state index contributed by atoms with van der Waals surface area (Å²) in [5, 5.41) is 10.0. The quantitative estimate of drug-likeness (QED) is 0.724. The summed E-state index contributed by atoms with van der Waals surface area (Å²) in [7, 11) is 0. The number of hydrogen-bond acceptors (Lipinski definition) is 3. The number of aromatic nitrogens is 2. The van der Waals surface area contributed by atoms with Crippen molar-refractivity contribution < 1.29 is 14.3 Å². The number of aromatic amines is 1. The number of carboxylic acid groups (broad SMARTS) is 1. The van der Waals surface area contributed by atoms with Crippen LogP contribution in [0.5, 0.6) is 0 Å². The molecule has 18 heavy (non-hydrogen) atoms. The average Bonchev–Trinajstić information content (AvgIpc) is 2.93. The number of H-pyrrole nitrogens is 1. The molecule has 90 valence electrons. The molecule has 3 rings (SSSR count). The SMILES string of the molecule is Cc1ccc2cc(-c3ocnc3C(=O)O)[nH]c2c1. The predicted octanol–water partition coefficient (Wildman–Crippen LogP) is 2.83. The third-order valence-electron chi connectivity index (χ3n) is 2.79. The molecule has 2 heterocycles. The number of carboxylic acids is 1. The fourth-order valence-corrected chi connectivity index (χ4v) is 1.95. The number of carbonyl (C=O) groups is 1. The molecule has 0 bridgehead atoms. The van der Waals surface area contributed by atoms with Crippen LogP contribution < -0.4 is 0 Å². The van der Waals surface area contributed by atoms with Gasteiger partial charge >= 0.3 is 5.97 Å². The van der Waals surface area contributed by atoms with Crippen LogP contribution in [0.4, 0.5) is 0 Å². The fourth-order valence-electron chi connectivity index (χ4n) is 1.95. The van der Waals surface area contributed by atoms with Crippen LogP contribution in [-0.2, 0) is 0 Å². The number of aromatic carboxylic acids is 1. The number of hydrogen-bond donors (Lipinski definition) is 2. The Morgan fingerprint density at radius 3 is 3.00 bits per heavy atom. The molecule has 3 aromatic rings. The third kappa shape index (κ3) is 1.57. The maximum Gasteiger partial charge on any atom is 0.358 e. The second-order valence-corrected chi connectivity index (χ2v) is 4.11. The maximum absolute atomic E-state index is 11.0. The zero-order valence-electron chi connectivity index (χ0n) is 9.60. The Balaban J connectivity index is 2.19. The minimum atomic E-state index is -1.10. The second-order valence-electron chi connectivity index (χ2n) is 4.11. The topological polar surface area (TPSA) is 79.1 Å². The minimum Gasteiger partial charge on any atom is -0.476 e. The zero-order valence-corrected chi connectivity index (χ0v) is 9.60. The summed E-state index contributed by atoms with van der Waals surface area (Å²) in [4.78, 5) is 17.8. The van der Waals surface area contributed by atoms with Gasteiger partial charge in [0.15, 0.2) is 17.8 Å². The Morgan fingerprint density at radius 2 is 2.22 bits per heavy atom. The van der Waals surface area contributed by atoms with Crippen LogP contribution in [0.25, 0.3) is 22.4 Å². The lowest BCUT2D eigenvalue weighted by molar-refractivity contribution is 0.0691. The minimum absolute atomic E-state index is 0.0849. The summed E-state index contributed by atoms with van der Waals surface area (Å²) in [5.74, 6) is -0.857. The Morgan fingerprint density at radius 1 is 1.39 bits per heavy atom. The monoisotopic (exact) mass is 242 g/mol. The van der Waals surface area contributed by atoms with E-state index < -0.39 is 5.97 Å². The van der Waals surface area contributed by atoms with Crippen molar-refractivity contribution in [3.8, 4) is 11.5 Å². The van der Waals surface area contributed by atoms with Gasteiger partial charge in [-0.25, -0.2) is 9.78 Å². The van der Waals surface area contributed by atoms with Gasteiger partial charge in [-0.1, -0.05) is 12.1 Å². The molecule has 2 N–H and O–H groups in total. The lowest BCUT2D eigenvalue weighted by atomic mass is 10.2. The number of benzene rings is 1. The molecule has 0 aliphatic rings. The number of rotatable bonds is 2. The van der Waals surface area contributed by atoms with Crippen molar-refractivity contribution in [2.24, 2.45) is 0 Å². The van der Waals surface area contributed by atoms with Crippen molar-refractivity contribution in [2.75, 3.05) is 0 Å². The normalized spacial score (nSPS) is 10.9. The molecule has 0 spiro atoms. The van der Waals surface area contributed by atoms with Gasteiger partial charge in [-0.3, -0.25) is 0 Å². The maximum atomic E-state index is 11.0. The number of oxazole rings is 1. The average molecular weight is 242 g/mol. The van der Waals surface area contributed by atoms with Crippen LogP contribution in [0.15, 0.2) is 35.1 Å². The third-order valence-corrected chi connectivity index (χ3v) is 2.79. The number of aryl methyl sites for hydroxylation is 1. The van der Waals surface area contributed by atoms with Crippen molar-refractivity contribution in [3.05, 3.63) is 41.9 Å². The molecule has 0 saturated heterocycles. The van der Waals surface area contributed by atoms with E-state index in [4.69, 9.17) is 9.52 Å². The van der Waals surface area contributed by atoms with Crippen molar-refractivity contribution in [1.82, 2.24) is 9.97 Å². The van der Waals surface area contributed by atoms with E-state index in [0.717, 1.165) is 22.9 Å². The largest absolute Gasteiger partial charge is 0.476 e. The van der Waals surface area contributed by atoms with Crippen LogP contribution in [0, 0.1) is 6.92 Å². The standard InChI is InChI=1S/C13H10N2O3/c1-7-2-3-8-5-10(15-9(8)4-7)12-11(13(16)17)14-6-18-12/h2-6,15H,1H3,(H,16,17). The van der Waals surface area contributed by atoms with E-state index in [9.17, 15) is 4.79 Å². The van der Waals surface area contributed by atoms with E-state index in [2.05, 4.69) is 9.97 Å². The van der Waals surface area contributed by atoms with Gasteiger partial charge in [0.1, 0.15) is 0 Å². The Bertz CT molecular complexity index is 740. The molecule has 0 unspecified atom stereocenters. The fraction of sp³-hybridized carbons (Fsp3) is 0.0769. The van der Waals surface area contributed by atoms with Crippen molar-refractivity contribution >= 4 is 16.9 Å². The van der Waals surface area contributed by atoms with Gasteiger partial charge in [0.05, 0.1) is 5.69 Å². The summed E-state index contributed by atoms with van der Waals surface area (Å²) >= 11 is 0. The molecule has 0 radical (unpaired) electrons. The molecular formula is C13H10N2O3. The molecule has 2 aromatic heterocycles. The van der Waals surface area contributed by atoms with Gasteiger partial charge < -0.3 is 14.5 Å². The molecule has 5 heteroatoms. The van der Waals surface area contributed by atoms with E-state index in [1.165, 1.54) is 0 Å². The van der Waals surface area contributed by atoms with E-state index in [1.54, 1.807) is 0 Å². The van der Waals surface area contributed by atoms with E-state index >= 15 is 0 Å². The van der Waals surface area contributed by atoms with Gasteiger partial charge in [0.2, 0.25) is 0 Å². The number of fused-ring (bicyclic) bond motifs is 1. The van der Waals surface area contributed by atoms with Gasteiger partial charge in [-0.2, -0.15) is 0 Å². The van der Waals surface area contributed by atoms with E-state index in [0.29, 0.717) is 5.69 Å². The first-order valence-corrected chi connectivity index (χ1v) is 5.41. The van der Waals surface area contributed by atoms with Crippen molar-refractivity contribution in [1.29, 1.82) is 0 Å². The molecule has 0 amide bonds. The van der Waals surface area contributed by atoms with Crippen LogP contribution in [0.3, 0.4) is 0 Å². The summed E-state index contributed by atoms with van der Waals surface area (Å²) in [5.41, 5.74) is 2.61. The molecule has 0 fully saturated rings. The van der Waals surface area contributed by atoms with Crippen molar-refractivity contribution in [2.45, 2.75) is 6.92 Å². The molecule has 0 aliphatic heterocycles. The zero-order chi connectivity index (χ0) is 12.7. The van der Waals surface area contributed by atoms with Gasteiger partial charge in [0, 0.05) is 10.9 Å². The summed E-state index contributed by atoms with van der Waals surface area (Å²) in [6.45, 7) is 2.00. The Hall–Kier alpha value is -2.56. The highest BCUT2D eigenvalue weighted by Crippen LogP contribution is 2.27. The number of nitrogens with one attached hydrogen (secondary N) is 1. The predicted molar refractivity (Wildman–Crippen MR) is 65.5 cm³/mol. The molecule has 0 atom stereocenters. The first-order valence-electron chi connectivity index (χ1n) is 5.41. The Labute approximate surface area is 102 Å². The highest BCUT2D eigenvalue weighted by molar-refractivity contribution is 5.94. The highest BCUT2D eigenvalue weighted by Gasteiger charge is 2.18. The van der Waals surface area contributed by atoms with Crippen LogP contribution >= 0.6 is 0 Å². The first-order chi connectivity index (χ1) is 8.65. The molecule has 0 saturated carbocycles. The summed E-state index contributed by atoms with van der Waals surface area (Å²) < 4.78 is 5.15. The van der Waals surface area contributed by atoms with Crippen LogP contribution in [0.2, 0.25) is 0 Å². The van der Waals surface area contributed by atoms with Crippen molar-refractivity contribution in [3.63, 3.8) is 0 Å². The highest BCUT2D eigenvalue weighted by atomic mass is 16.4. The second kappa shape index (κ2) is 3.73. The lowest BCUT2D eigenvalue weighted by Crippen LogP contribution is -1.98.